The van der Waals surface area contributed by atoms with Gasteiger partial charge in [0.1, 0.15) is 6.04 Å². The van der Waals surface area contributed by atoms with Crippen molar-refractivity contribution >= 4 is 11.8 Å². The molecular formula is C15H27N3O3. The number of amides is 2. The highest BCUT2D eigenvalue weighted by Gasteiger charge is 2.29. The molecule has 2 amide bonds. The van der Waals surface area contributed by atoms with Crippen LogP contribution in [0.5, 0.6) is 0 Å². The molecule has 0 radical (unpaired) electrons. The quantitative estimate of drug-likeness (QED) is 0.713. The molecule has 0 spiro atoms. The van der Waals surface area contributed by atoms with Gasteiger partial charge in [-0.05, 0) is 45.2 Å². The summed E-state index contributed by atoms with van der Waals surface area (Å²) in [5.41, 5.74) is 0. The summed E-state index contributed by atoms with van der Waals surface area (Å²) in [6.45, 7) is 6.13. The van der Waals surface area contributed by atoms with E-state index in [0.29, 0.717) is 25.4 Å². The second kappa shape index (κ2) is 7.75. The third-order valence-corrected chi connectivity index (χ3v) is 4.65. The highest BCUT2D eigenvalue weighted by molar-refractivity contribution is 5.88. The van der Waals surface area contributed by atoms with Gasteiger partial charge in [-0.3, -0.25) is 9.59 Å². The first-order chi connectivity index (χ1) is 10.1. The number of hydrogen-bond acceptors (Lipinski definition) is 4. The lowest BCUT2D eigenvalue weighted by Gasteiger charge is -2.32. The van der Waals surface area contributed by atoms with Crippen LogP contribution in [0.1, 0.15) is 32.6 Å². The second-order valence-electron chi connectivity index (χ2n) is 6.12. The molecule has 2 fully saturated rings. The minimum Gasteiger partial charge on any atom is -0.395 e. The van der Waals surface area contributed by atoms with Crippen LogP contribution < -0.4 is 5.32 Å². The van der Waals surface area contributed by atoms with Crippen LogP contribution in [0.3, 0.4) is 0 Å². The maximum absolute atomic E-state index is 12.1. The van der Waals surface area contributed by atoms with Gasteiger partial charge in [-0.15, -0.1) is 0 Å². The molecule has 120 valence electrons. The number of nitrogens with zero attached hydrogens (tertiary/aromatic N) is 2. The zero-order valence-corrected chi connectivity index (χ0v) is 12.9. The summed E-state index contributed by atoms with van der Waals surface area (Å²) < 4.78 is 0. The van der Waals surface area contributed by atoms with E-state index in [2.05, 4.69) is 10.2 Å². The summed E-state index contributed by atoms with van der Waals surface area (Å²) in [6.07, 6.45) is 3.54. The first-order valence-electron chi connectivity index (χ1n) is 8.02. The number of carbonyl (C=O) groups excluding carboxylic acids is 2. The lowest BCUT2D eigenvalue weighted by atomic mass is 9.96. The van der Waals surface area contributed by atoms with Crippen LogP contribution in [0.4, 0.5) is 0 Å². The minimum atomic E-state index is -0.352. The third-order valence-electron chi connectivity index (χ3n) is 4.65. The summed E-state index contributed by atoms with van der Waals surface area (Å²) in [4.78, 5) is 27.7. The molecule has 0 aliphatic carbocycles. The Morgan fingerprint density at radius 3 is 2.67 bits per heavy atom. The van der Waals surface area contributed by atoms with Gasteiger partial charge in [-0.2, -0.15) is 0 Å². The molecule has 2 aliphatic rings. The lowest BCUT2D eigenvalue weighted by molar-refractivity contribution is -0.136. The number of rotatable bonds is 6. The molecule has 21 heavy (non-hydrogen) atoms. The highest BCUT2D eigenvalue weighted by atomic mass is 16.3. The molecule has 6 heteroatoms. The predicted molar refractivity (Wildman–Crippen MR) is 79.7 cm³/mol. The van der Waals surface area contributed by atoms with Crippen molar-refractivity contribution in [2.24, 2.45) is 5.92 Å². The van der Waals surface area contributed by atoms with Crippen molar-refractivity contribution in [3.63, 3.8) is 0 Å². The van der Waals surface area contributed by atoms with E-state index < -0.39 is 0 Å². The van der Waals surface area contributed by atoms with Gasteiger partial charge in [0.2, 0.25) is 11.8 Å². The van der Waals surface area contributed by atoms with Gasteiger partial charge < -0.3 is 20.2 Å². The van der Waals surface area contributed by atoms with E-state index in [4.69, 9.17) is 5.11 Å². The summed E-state index contributed by atoms with van der Waals surface area (Å²) in [5.74, 6) is 0.559. The van der Waals surface area contributed by atoms with E-state index in [1.807, 2.05) is 6.92 Å². The van der Waals surface area contributed by atoms with Gasteiger partial charge in [0.25, 0.3) is 0 Å². The number of β-amino-alcohol motifs (C(OH)–C–C–N with tert-alkyl or cyclic N) is 1. The largest absolute Gasteiger partial charge is 0.395 e. The predicted octanol–water partition coefficient (Wildman–Crippen LogP) is -0.182. The molecular weight excluding hydrogens is 270 g/mol. The Bertz CT molecular complexity index is 367. The monoisotopic (exact) mass is 297 g/mol. The van der Waals surface area contributed by atoms with Crippen LogP contribution in [-0.4, -0.2) is 72.1 Å². The molecule has 0 bridgehead atoms. The Hall–Kier alpha value is -1.14. The fourth-order valence-corrected chi connectivity index (χ4v) is 3.17. The van der Waals surface area contributed by atoms with E-state index in [9.17, 15) is 9.59 Å². The van der Waals surface area contributed by atoms with Gasteiger partial charge >= 0.3 is 0 Å². The van der Waals surface area contributed by atoms with Crippen LogP contribution in [-0.2, 0) is 9.59 Å². The molecule has 2 N–H and O–H groups in total. The number of carbonyl (C=O) groups is 2. The van der Waals surface area contributed by atoms with E-state index in [1.165, 1.54) is 0 Å². The maximum atomic E-state index is 12.1. The molecule has 0 saturated carbocycles. The van der Waals surface area contributed by atoms with Crippen molar-refractivity contribution in [2.45, 2.75) is 38.6 Å². The summed E-state index contributed by atoms with van der Waals surface area (Å²) in [6, 6.07) is -0.352. The second-order valence-corrected chi connectivity index (χ2v) is 6.12. The molecule has 0 aromatic rings. The van der Waals surface area contributed by atoms with Crippen LogP contribution in [0.2, 0.25) is 0 Å². The van der Waals surface area contributed by atoms with Crippen molar-refractivity contribution in [3.8, 4) is 0 Å². The van der Waals surface area contributed by atoms with Crippen LogP contribution in [0, 0.1) is 5.92 Å². The van der Waals surface area contributed by atoms with Crippen LogP contribution in [0.15, 0.2) is 0 Å². The normalized spacial score (nSPS) is 22.6. The maximum Gasteiger partial charge on any atom is 0.242 e. The zero-order chi connectivity index (χ0) is 15.2. The SMILES string of the molecule is CC(C(=O)NCC1CCN(CCO)CC1)N1CCCC1=O. The molecule has 2 aliphatic heterocycles. The first-order valence-corrected chi connectivity index (χ1v) is 8.02. The Balaban J connectivity index is 1.68. The fourth-order valence-electron chi connectivity index (χ4n) is 3.17. The molecule has 2 saturated heterocycles. The summed E-state index contributed by atoms with van der Waals surface area (Å²) in [7, 11) is 0. The number of piperidine rings is 1. The number of aliphatic hydroxyl groups is 1. The van der Waals surface area contributed by atoms with Crippen molar-refractivity contribution in [3.05, 3.63) is 0 Å². The van der Waals surface area contributed by atoms with Gasteiger partial charge in [0.15, 0.2) is 0 Å². The molecule has 0 aromatic heterocycles. The number of likely N-dealkylation sites (tertiary alicyclic amines) is 2. The van der Waals surface area contributed by atoms with Gasteiger partial charge in [0, 0.05) is 26.1 Å². The number of nitrogens with one attached hydrogen (secondary N) is 1. The van der Waals surface area contributed by atoms with E-state index in [0.717, 1.165) is 38.9 Å². The van der Waals surface area contributed by atoms with E-state index in [-0.39, 0.29) is 24.5 Å². The summed E-state index contributed by atoms with van der Waals surface area (Å²) in [5, 5.41) is 11.9. The van der Waals surface area contributed by atoms with E-state index >= 15 is 0 Å². The molecule has 6 nitrogen and oxygen atoms in total. The van der Waals surface area contributed by atoms with Gasteiger partial charge in [-0.1, -0.05) is 0 Å². The Morgan fingerprint density at radius 1 is 1.38 bits per heavy atom. The zero-order valence-electron chi connectivity index (χ0n) is 12.9. The Kier molecular flexibility index (Phi) is 5.99. The molecule has 2 rings (SSSR count). The molecule has 1 unspecified atom stereocenters. The minimum absolute atomic E-state index is 0.0389. The third kappa shape index (κ3) is 4.41. The van der Waals surface area contributed by atoms with E-state index in [1.54, 1.807) is 4.90 Å². The van der Waals surface area contributed by atoms with Crippen molar-refractivity contribution in [2.75, 3.05) is 39.3 Å². The average molecular weight is 297 g/mol. The highest BCUT2D eigenvalue weighted by Crippen LogP contribution is 2.17. The fraction of sp³-hybridized carbons (Fsp3) is 0.867. The standard InChI is InChI=1S/C15H27N3O3/c1-12(18-6-2-3-14(18)20)15(21)16-11-13-4-7-17(8-5-13)9-10-19/h12-13,19H,2-11H2,1H3,(H,16,21). The van der Waals surface area contributed by atoms with Crippen molar-refractivity contribution < 1.29 is 14.7 Å². The number of aliphatic hydroxyl groups excluding tert-OH is 1. The van der Waals surface area contributed by atoms with Gasteiger partial charge in [-0.25, -0.2) is 0 Å². The molecule has 1 atom stereocenters. The first kappa shape index (κ1) is 16.2. The lowest BCUT2D eigenvalue weighted by Crippen LogP contribution is -2.47. The summed E-state index contributed by atoms with van der Waals surface area (Å²) >= 11 is 0. The van der Waals surface area contributed by atoms with Gasteiger partial charge in [0.05, 0.1) is 6.61 Å². The number of hydrogen-bond donors (Lipinski definition) is 2. The van der Waals surface area contributed by atoms with Crippen molar-refractivity contribution in [1.82, 2.24) is 15.1 Å². The smallest absolute Gasteiger partial charge is 0.242 e. The molecule has 2 heterocycles. The van der Waals surface area contributed by atoms with Crippen molar-refractivity contribution in [1.29, 1.82) is 0 Å². The topological polar surface area (TPSA) is 72.9 Å². The Labute approximate surface area is 126 Å². The Morgan fingerprint density at radius 2 is 2.10 bits per heavy atom. The van der Waals surface area contributed by atoms with Crippen LogP contribution in [0.25, 0.3) is 0 Å². The molecule has 0 aromatic carbocycles. The van der Waals surface area contributed by atoms with Crippen LogP contribution >= 0.6 is 0 Å². The average Bonchev–Trinajstić information content (AvgIpc) is 2.92.